The molecule has 0 saturated carbocycles. The van der Waals surface area contributed by atoms with E-state index in [1.165, 1.54) is 24.8 Å². The first-order valence-corrected chi connectivity index (χ1v) is 15.1. The second-order valence-electron chi connectivity index (χ2n) is 11.2. The van der Waals surface area contributed by atoms with E-state index in [-0.39, 0.29) is 23.9 Å². The number of nitrogens with zero attached hydrogens (tertiary/aromatic N) is 2. The number of rotatable bonds is 8. The van der Waals surface area contributed by atoms with E-state index in [1.54, 1.807) is 6.07 Å². The smallest absolute Gasteiger partial charge is 0.251 e. The molecule has 2 fully saturated rings. The Morgan fingerprint density at radius 2 is 1.68 bits per heavy atom. The van der Waals surface area contributed by atoms with Crippen molar-refractivity contribution < 1.29 is 9.59 Å². The maximum atomic E-state index is 13.7. The Labute approximate surface area is 247 Å². The molecular weight excluding hydrogens is 543 g/mol. The van der Waals surface area contributed by atoms with Gasteiger partial charge in [0.15, 0.2) is 0 Å². The third-order valence-corrected chi connectivity index (χ3v) is 8.48. The Morgan fingerprint density at radius 3 is 2.45 bits per heavy atom. The zero-order chi connectivity index (χ0) is 28.1. The van der Waals surface area contributed by atoms with Crippen molar-refractivity contribution >= 4 is 45.8 Å². The van der Waals surface area contributed by atoms with Crippen molar-refractivity contribution in [1.29, 1.82) is 0 Å². The number of hydrogen-bond acceptors (Lipinski definition) is 4. The lowest BCUT2D eigenvalue weighted by Gasteiger charge is -2.30. The third kappa shape index (κ3) is 7.55. The highest BCUT2D eigenvalue weighted by Gasteiger charge is 2.31. The SMILES string of the molecule is Cc1ccc2cc(C(=O)NCC3CCN(Cc4cc(Cl)cc(Cl)c4)C(=O)C(CCN4CCCCC4)N3)ccc2c1. The molecule has 2 atom stereocenters. The van der Waals surface area contributed by atoms with Gasteiger partial charge in [-0.2, -0.15) is 0 Å². The fourth-order valence-corrected chi connectivity index (χ4v) is 6.42. The molecular formula is C32H38Cl2N4O2. The summed E-state index contributed by atoms with van der Waals surface area (Å²) in [4.78, 5) is 31.2. The molecule has 5 rings (SSSR count). The van der Waals surface area contributed by atoms with E-state index in [1.807, 2.05) is 35.2 Å². The number of likely N-dealkylation sites (tertiary alicyclic amines) is 1. The number of aryl methyl sites for hydroxylation is 1. The first kappa shape index (κ1) is 28.9. The molecule has 0 aromatic heterocycles. The van der Waals surface area contributed by atoms with Gasteiger partial charge in [-0.1, -0.05) is 59.5 Å². The van der Waals surface area contributed by atoms with Crippen LogP contribution in [0.5, 0.6) is 0 Å². The van der Waals surface area contributed by atoms with Crippen molar-refractivity contribution in [2.75, 3.05) is 32.7 Å². The first-order chi connectivity index (χ1) is 19.3. The highest BCUT2D eigenvalue weighted by molar-refractivity contribution is 6.34. The van der Waals surface area contributed by atoms with Gasteiger partial charge in [-0.25, -0.2) is 0 Å². The summed E-state index contributed by atoms with van der Waals surface area (Å²) in [5.41, 5.74) is 2.75. The number of piperidine rings is 1. The lowest BCUT2D eigenvalue weighted by atomic mass is 10.0. The number of halogens is 2. The Kier molecular flexibility index (Phi) is 9.63. The number of nitrogens with one attached hydrogen (secondary N) is 2. The van der Waals surface area contributed by atoms with Crippen LogP contribution < -0.4 is 10.6 Å². The van der Waals surface area contributed by atoms with Gasteiger partial charge in [0.05, 0.1) is 6.04 Å². The maximum absolute atomic E-state index is 13.7. The average molecular weight is 582 g/mol. The fourth-order valence-electron chi connectivity index (χ4n) is 5.85. The highest BCUT2D eigenvalue weighted by atomic mass is 35.5. The van der Waals surface area contributed by atoms with Crippen LogP contribution in [0.1, 0.15) is 53.6 Å². The summed E-state index contributed by atoms with van der Waals surface area (Å²) in [6.45, 7) is 6.64. The Hall–Kier alpha value is -2.64. The van der Waals surface area contributed by atoms with Gasteiger partial charge in [0.2, 0.25) is 5.91 Å². The summed E-state index contributed by atoms with van der Waals surface area (Å²) < 4.78 is 0. The lowest BCUT2D eigenvalue weighted by Crippen LogP contribution is -2.50. The molecule has 8 heteroatoms. The predicted octanol–water partition coefficient (Wildman–Crippen LogP) is 5.82. The molecule has 2 saturated heterocycles. The van der Waals surface area contributed by atoms with Gasteiger partial charge in [-0.3, -0.25) is 9.59 Å². The van der Waals surface area contributed by atoms with E-state index in [0.29, 0.717) is 35.2 Å². The third-order valence-electron chi connectivity index (χ3n) is 8.04. The molecule has 2 amide bonds. The molecule has 6 nitrogen and oxygen atoms in total. The van der Waals surface area contributed by atoms with Crippen molar-refractivity contribution in [2.45, 2.75) is 57.7 Å². The standard InChI is InChI=1S/C32H38Cl2N4O2/c1-22-5-6-25-18-26(8-7-24(25)15-22)31(39)35-20-29-9-14-38(21-23-16-27(33)19-28(34)17-23)32(40)30(36-29)10-13-37-11-3-2-4-12-37/h5-8,15-19,29-30,36H,2-4,9-14,20-21H2,1H3,(H,35,39). The Bertz CT molecular complexity index is 1340. The second kappa shape index (κ2) is 13.3. The van der Waals surface area contributed by atoms with Crippen LogP contribution in [0, 0.1) is 6.92 Å². The molecule has 2 heterocycles. The van der Waals surface area contributed by atoms with Crippen LogP contribution in [0.15, 0.2) is 54.6 Å². The van der Waals surface area contributed by atoms with Crippen LogP contribution in [0.4, 0.5) is 0 Å². The average Bonchev–Trinajstić information content (AvgIpc) is 3.08. The number of hydrogen-bond donors (Lipinski definition) is 2. The molecule has 3 aromatic rings. The summed E-state index contributed by atoms with van der Waals surface area (Å²) in [5.74, 6) is -0.0121. The lowest BCUT2D eigenvalue weighted by molar-refractivity contribution is -0.133. The molecule has 40 heavy (non-hydrogen) atoms. The summed E-state index contributed by atoms with van der Waals surface area (Å²) in [6, 6.07) is 17.1. The molecule has 2 unspecified atom stereocenters. The molecule has 2 aliphatic rings. The molecule has 0 radical (unpaired) electrons. The van der Waals surface area contributed by atoms with E-state index in [9.17, 15) is 9.59 Å². The van der Waals surface area contributed by atoms with Gasteiger partial charge in [0.25, 0.3) is 5.91 Å². The zero-order valence-electron chi connectivity index (χ0n) is 23.1. The topological polar surface area (TPSA) is 64.7 Å². The monoisotopic (exact) mass is 580 g/mol. The summed E-state index contributed by atoms with van der Waals surface area (Å²) in [7, 11) is 0. The molecule has 2 N–H and O–H groups in total. The minimum atomic E-state index is -0.315. The van der Waals surface area contributed by atoms with E-state index in [0.717, 1.165) is 48.8 Å². The van der Waals surface area contributed by atoms with Crippen LogP contribution in [-0.4, -0.2) is 66.4 Å². The summed E-state index contributed by atoms with van der Waals surface area (Å²) in [5, 5.41) is 10.0. The zero-order valence-corrected chi connectivity index (χ0v) is 24.6. The van der Waals surface area contributed by atoms with Crippen molar-refractivity contribution in [1.82, 2.24) is 20.4 Å². The van der Waals surface area contributed by atoms with Crippen molar-refractivity contribution in [3.63, 3.8) is 0 Å². The van der Waals surface area contributed by atoms with Crippen LogP contribution in [0.3, 0.4) is 0 Å². The van der Waals surface area contributed by atoms with E-state index < -0.39 is 0 Å². The Morgan fingerprint density at radius 1 is 0.950 bits per heavy atom. The van der Waals surface area contributed by atoms with E-state index in [4.69, 9.17) is 23.2 Å². The molecule has 3 aromatic carbocycles. The largest absolute Gasteiger partial charge is 0.350 e. The molecule has 2 aliphatic heterocycles. The van der Waals surface area contributed by atoms with Crippen molar-refractivity contribution in [2.24, 2.45) is 0 Å². The number of carbonyl (C=O) groups excluding carboxylic acids is 2. The van der Waals surface area contributed by atoms with Gasteiger partial charge in [-0.15, -0.1) is 0 Å². The first-order valence-electron chi connectivity index (χ1n) is 14.3. The molecule has 0 bridgehead atoms. The van der Waals surface area contributed by atoms with Gasteiger partial charge in [0, 0.05) is 47.8 Å². The molecule has 0 aliphatic carbocycles. The fraction of sp³-hybridized carbons (Fsp3) is 0.438. The van der Waals surface area contributed by atoms with E-state index >= 15 is 0 Å². The highest BCUT2D eigenvalue weighted by Crippen LogP contribution is 2.22. The number of amides is 2. The number of benzene rings is 3. The minimum Gasteiger partial charge on any atom is -0.350 e. The normalized spacial score (nSPS) is 20.5. The van der Waals surface area contributed by atoms with Gasteiger partial charge < -0.3 is 20.4 Å². The second-order valence-corrected chi connectivity index (χ2v) is 12.1. The predicted molar refractivity (Wildman–Crippen MR) is 163 cm³/mol. The van der Waals surface area contributed by atoms with E-state index in [2.05, 4.69) is 40.7 Å². The van der Waals surface area contributed by atoms with Gasteiger partial charge >= 0.3 is 0 Å². The van der Waals surface area contributed by atoms with Crippen molar-refractivity contribution in [3.05, 3.63) is 81.3 Å². The minimum absolute atomic E-state index is 0.0182. The van der Waals surface area contributed by atoms with Crippen LogP contribution in [0.2, 0.25) is 10.0 Å². The number of fused-ring (bicyclic) bond motifs is 1. The number of carbonyl (C=O) groups is 2. The van der Waals surface area contributed by atoms with Crippen LogP contribution in [0.25, 0.3) is 10.8 Å². The quantitative estimate of drug-likeness (QED) is 0.352. The van der Waals surface area contributed by atoms with Gasteiger partial charge in [0.1, 0.15) is 0 Å². The van der Waals surface area contributed by atoms with Crippen LogP contribution >= 0.6 is 23.2 Å². The van der Waals surface area contributed by atoms with Crippen molar-refractivity contribution in [3.8, 4) is 0 Å². The Balaban J connectivity index is 1.26. The van der Waals surface area contributed by atoms with Crippen LogP contribution in [-0.2, 0) is 11.3 Å². The molecule has 0 spiro atoms. The maximum Gasteiger partial charge on any atom is 0.251 e. The van der Waals surface area contributed by atoms with Gasteiger partial charge in [-0.05, 0) is 92.4 Å². The summed E-state index contributed by atoms with van der Waals surface area (Å²) >= 11 is 12.5. The summed E-state index contributed by atoms with van der Waals surface area (Å²) in [6.07, 6.45) is 5.19. The molecule has 212 valence electrons.